The van der Waals surface area contributed by atoms with Crippen LogP contribution in [0.3, 0.4) is 0 Å². The van der Waals surface area contributed by atoms with Crippen molar-refractivity contribution in [2.24, 2.45) is 0 Å². The monoisotopic (exact) mass is 325 g/mol. The summed E-state index contributed by atoms with van der Waals surface area (Å²) in [5, 5.41) is 2.78. The third kappa shape index (κ3) is 3.07. The van der Waals surface area contributed by atoms with Crippen LogP contribution in [0.2, 0.25) is 0 Å². The molecule has 126 valence electrons. The number of hydrogen-bond acceptors (Lipinski definition) is 2. The molecule has 0 radical (unpaired) electrons. The fourth-order valence-corrected chi connectivity index (χ4v) is 3.40. The largest absolute Gasteiger partial charge is 0.336 e. The van der Waals surface area contributed by atoms with Crippen molar-refractivity contribution < 1.29 is 9.59 Å². The van der Waals surface area contributed by atoms with Crippen LogP contribution in [-0.2, 0) is 0 Å². The second-order valence-electron chi connectivity index (χ2n) is 6.23. The lowest BCUT2D eigenvalue weighted by Crippen LogP contribution is -2.46. The molecule has 2 unspecified atom stereocenters. The number of carbonyl (C=O) groups excluding carboxylic acids is 2. The maximum atomic E-state index is 13.1. The Kier molecular flexibility index (Phi) is 4.69. The molecule has 2 heterocycles. The summed E-state index contributed by atoms with van der Waals surface area (Å²) in [6.07, 6.45) is 7.68. The molecule has 0 aromatic heterocycles. The summed E-state index contributed by atoms with van der Waals surface area (Å²) in [5.41, 5.74) is 1.37. The lowest BCUT2D eigenvalue weighted by Gasteiger charge is -2.37. The molecule has 0 spiro atoms. The number of rotatable bonds is 4. The smallest absolute Gasteiger partial charge is 0.321 e. The Morgan fingerprint density at radius 1 is 1.46 bits per heavy atom. The van der Waals surface area contributed by atoms with E-state index in [2.05, 4.69) is 24.0 Å². The summed E-state index contributed by atoms with van der Waals surface area (Å²) in [6, 6.07) is 7.39. The summed E-state index contributed by atoms with van der Waals surface area (Å²) in [4.78, 5) is 28.5. The molecule has 5 heteroatoms. The Morgan fingerprint density at radius 3 is 3.00 bits per heavy atom. The number of urea groups is 1. The highest BCUT2D eigenvalue weighted by atomic mass is 16.2. The SMILES string of the molecule is C=CCC1CC=CC(C)N1C(=O)c1cccc(N2CCNC2=O)c1. The molecular weight excluding hydrogens is 302 g/mol. The zero-order valence-electron chi connectivity index (χ0n) is 13.9. The van der Waals surface area contributed by atoms with E-state index in [1.165, 1.54) is 0 Å². The number of benzene rings is 1. The normalized spacial score (nSPS) is 23.3. The van der Waals surface area contributed by atoms with Gasteiger partial charge >= 0.3 is 6.03 Å². The quantitative estimate of drug-likeness (QED) is 0.865. The summed E-state index contributed by atoms with van der Waals surface area (Å²) < 4.78 is 0. The van der Waals surface area contributed by atoms with Gasteiger partial charge in [-0.1, -0.05) is 24.3 Å². The second kappa shape index (κ2) is 6.91. The van der Waals surface area contributed by atoms with E-state index in [0.29, 0.717) is 18.7 Å². The summed E-state index contributed by atoms with van der Waals surface area (Å²) in [5.74, 6) is 0.000144. The zero-order valence-corrected chi connectivity index (χ0v) is 13.9. The van der Waals surface area contributed by atoms with Gasteiger partial charge in [0, 0.05) is 36.4 Å². The van der Waals surface area contributed by atoms with Gasteiger partial charge in [-0.15, -0.1) is 6.58 Å². The Morgan fingerprint density at radius 2 is 2.29 bits per heavy atom. The van der Waals surface area contributed by atoms with Crippen LogP contribution >= 0.6 is 0 Å². The molecule has 1 aromatic carbocycles. The number of nitrogens with zero attached hydrogens (tertiary/aromatic N) is 2. The third-order valence-corrected chi connectivity index (χ3v) is 4.59. The summed E-state index contributed by atoms with van der Waals surface area (Å²) in [6.45, 7) is 7.09. The average Bonchev–Trinajstić information content (AvgIpc) is 3.01. The maximum absolute atomic E-state index is 13.1. The van der Waals surface area contributed by atoms with Crippen LogP contribution in [0.4, 0.5) is 10.5 Å². The first-order valence-electron chi connectivity index (χ1n) is 8.37. The standard InChI is InChI=1S/C19H23N3O2/c1-3-6-16-9-4-7-14(2)22(16)18(23)15-8-5-10-17(13-15)21-12-11-20-19(21)24/h3-5,7-8,10,13-14,16H,1,6,9,11-12H2,2H3,(H,20,24). The minimum absolute atomic E-state index is 0.000144. The van der Waals surface area contributed by atoms with Gasteiger partial charge in [-0.25, -0.2) is 4.79 Å². The highest BCUT2D eigenvalue weighted by Gasteiger charge is 2.30. The van der Waals surface area contributed by atoms with Crippen molar-refractivity contribution in [1.29, 1.82) is 0 Å². The molecule has 0 aliphatic carbocycles. The highest BCUT2D eigenvalue weighted by Crippen LogP contribution is 2.25. The molecule has 2 atom stereocenters. The van der Waals surface area contributed by atoms with Crippen molar-refractivity contribution in [3.05, 3.63) is 54.6 Å². The van der Waals surface area contributed by atoms with Crippen LogP contribution in [0, 0.1) is 0 Å². The Hall–Kier alpha value is -2.56. The van der Waals surface area contributed by atoms with E-state index >= 15 is 0 Å². The predicted molar refractivity (Wildman–Crippen MR) is 95.2 cm³/mol. The number of amides is 3. The molecule has 3 amide bonds. The summed E-state index contributed by atoms with van der Waals surface area (Å²) in [7, 11) is 0. The molecule has 2 aliphatic heterocycles. The van der Waals surface area contributed by atoms with E-state index in [9.17, 15) is 9.59 Å². The molecule has 1 fully saturated rings. The Labute approximate surface area is 142 Å². The maximum Gasteiger partial charge on any atom is 0.321 e. The van der Waals surface area contributed by atoms with E-state index < -0.39 is 0 Å². The van der Waals surface area contributed by atoms with Crippen molar-refractivity contribution >= 4 is 17.6 Å². The average molecular weight is 325 g/mol. The van der Waals surface area contributed by atoms with Crippen LogP contribution in [0.15, 0.2) is 49.1 Å². The van der Waals surface area contributed by atoms with Crippen molar-refractivity contribution in [3.8, 4) is 0 Å². The molecule has 0 bridgehead atoms. The van der Waals surface area contributed by atoms with E-state index in [-0.39, 0.29) is 24.0 Å². The van der Waals surface area contributed by atoms with E-state index in [1.807, 2.05) is 42.2 Å². The molecular formula is C19H23N3O2. The van der Waals surface area contributed by atoms with Gasteiger partial charge in [-0.05, 0) is 38.0 Å². The number of nitrogens with one attached hydrogen (secondary N) is 1. The third-order valence-electron chi connectivity index (χ3n) is 4.59. The fraction of sp³-hybridized carbons (Fsp3) is 0.368. The molecule has 0 saturated carbocycles. The molecule has 1 N–H and O–H groups in total. The van der Waals surface area contributed by atoms with E-state index in [0.717, 1.165) is 18.5 Å². The molecule has 3 rings (SSSR count). The van der Waals surface area contributed by atoms with Crippen LogP contribution in [0.1, 0.15) is 30.1 Å². The van der Waals surface area contributed by atoms with Gasteiger partial charge in [0.05, 0.1) is 0 Å². The number of anilines is 1. The lowest BCUT2D eigenvalue weighted by molar-refractivity contribution is 0.0622. The summed E-state index contributed by atoms with van der Waals surface area (Å²) >= 11 is 0. The minimum Gasteiger partial charge on any atom is -0.336 e. The van der Waals surface area contributed by atoms with Gasteiger partial charge in [0.1, 0.15) is 0 Å². The second-order valence-corrected chi connectivity index (χ2v) is 6.23. The Balaban J connectivity index is 1.87. The molecule has 2 aliphatic rings. The first-order chi connectivity index (χ1) is 11.6. The Bertz CT molecular complexity index is 683. The van der Waals surface area contributed by atoms with E-state index in [1.54, 1.807) is 4.90 Å². The molecule has 24 heavy (non-hydrogen) atoms. The number of carbonyl (C=O) groups is 2. The first-order valence-corrected chi connectivity index (χ1v) is 8.37. The van der Waals surface area contributed by atoms with E-state index in [4.69, 9.17) is 0 Å². The van der Waals surface area contributed by atoms with Crippen LogP contribution in [0.25, 0.3) is 0 Å². The number of hydrogen-bond donors (Lipinski definition) is 1. The molecule has 1 aromatic rings. The van der Waals surface area contributed by atoms with Crippen LogP contribution in [0.5, 0.6) is 0 Å². The van der Waals surface area contributed by atoms with Crippen molar-refractivity contribution in [1.82, 2.24) is 10.2 Å². The zero-order chi connectivity index (χ0) is 17.1. The van der Waals surface area contributed by atoms with Gasteiger partial charge in [0.25, 0.3) is 5.91 Å². The van der Waals surface area contributed by atoms with Gasteiger partial charge in [-0.3, -0.25) is 9.69 Å². The lowest BCUT2D eigenvalue weighted by atomic mass is 9.98. The van der Waals surface area contributed by atoms with Gasteiger partial charge in [-0.2, -0.15) is 0 Å². The molecule has 5 nitrogen and oxygen atoms in total. The highest BCUT2D eigenvalue weighted by molar-refractivity contribution is 5.98. The van der Waals surface area contributed by atoms with Crippen LogP contribution < -0.4 is 10.2 Å². The predicted octanol–water partition coefficient (Wildman–Crippen LogP) is 2.95. The fourth-order valence-electron chi connectivity index (χ4n) is 3.40. The minimum atomic E-state index is -0.113. The van der Waals surface area contributed by atoms with Crippen molar-refractivity contribution in [2.75, 3.05) is 18.0 Å². The van der Waals surface area contributed by atoms with Crippen LogP contribution in [-0.4, -0.2) is 42.0 Å². The van der Waals surface area contributed by atoms with Crippen molar-refractivity contribution in [2.45, 2.75) is 31.8 Å². The van der Waals surface area contributed by atoms with Crippen molar-refractivity contribution in [3.63, 3.8) is 0 Å². The van der Waals surface area contributed by atoms with Gasteiger partial charge in [0.2, 0.25) is 0 Å². The molecule has 1 saturated heterocycles. The first kappa shape index (κ1) is 16.3. The van der Waals surface area contributed by atoms with Gasteiger partial charge in [0.15, 0.2) is 0 Å². The topological polar surface area (TPSA) is 52.7 Å². The van der Waals surface area contributed by atoms with Gasteiger partial charge < -0.3 is 10.2 Å².